The van der Waals surface area contributed by atoms with Gasteiger partial charge in [0.05, 0.1) is 6.10 Å². The molecule has 1 saturated carbocycles. The summed E-state index contributed by atoms with van der Waals surface area (Å²) >= 11 is 6.06. The number of nitrogens with zero attached hydrogens (tertiary/aromatic N) is 1. The average Bonchev–Trinajstić information content (AvgIpc) is 2.41. The Kier molecular flexibility index (Phi) is 4.48. The number of amides is 1. The number of rotatable bonds is 2. The molecule has 0 radical (unpaired) electrons. The molecule has 2 rings (SSSR count). The molecule has 0 aromatic heterocycles. The highest BCUT2D eigenvalue weighted by atomic mass is 35.5. The third kappa shape index (κ3) is 3.10. The number of carbonyl (C=O) groups is 1. The van der Waals surface area contributed by atoms with Gasteiger partial charge in [0.15, 0.2) is 0 Å². The van der Waals surface area contributed by atoms with Gasteiger partial charge in [0.1, 0.15) is 0 Å². The summed E-state index contributed by atoms with van der Waals surface area (Å²) in [7, 11) is 1.84. The first-order valence-electron chi connectivity index (χ1n) is 6.71. The van der Waals surface area contributed by atoms with E-state index in [0.717, 1.165) is 31.2 Å². The van der Waals surface area contributed by atoms with Crippen LogP contribution in [0.3, 0.4) is 0 Å². The zero-order chi connectivity index (χ0) is 14.0. The fraction of sp³-hybridized carbons (Fsp3) is 0.533. The summed E-state index contributed by atoms with van der Waals surface area (Å²) in [5.74, 6) is 0.0152. The van der Waals surface area contributed by atoms with Crippen molar-refractivity contribution in [1.29, 1.82) is 0 Å². The summed E-state index contributed by atoms with van der Waals surface area (Å²) < 4.78 is 0. The molecule has 1 aliphatic carbocycles. The van der Waals surface area contributed by atoms with Crippen molar-refractivity contribution >= 4 is 17.5 Å². The van der Waals surface area contributed by atoms with Crippen molar-refractivity contribution in [3.8, 4) is 0 Å². The smallest absolute Gasteiger partial charge is 0.254 e. The van der Waals surface area contributed by atoms with Crippen molar-refractivity contribution in [3.05, 3.63) is 34.3 Å². The number of halogens is 1. The third-order valence-electron chi connectivity index (χ3n) is 4.03. The first kappa shape index (κ1) is 14.4. The minimum absolute atomic E-state index is 0.0152. The Morgan fingerprint density at radius 2 is 1.95 bits per heavy atom. The zero-order valence-electron chi connectivity index (χ0n) is 11.4. The average molecular weight is 282 g/mol. The van der Waals surface area contributed by atoms with E-state index in [1.54, 1.807) is 17.0 Å². The van der Waals surface area contributed by atoms with Crippen LogP contribution in [0.1, 0.15) is 41.6 Å². The lowest BCUT2D eigenvalue weighted by Gasteiger charge is -2.33. The summed E-state index contributed by atoms with van der Waals surface area (Å²) in [6.07, 6.45) is 3.08. The lowest BCUT2D eigenvalue weighted by molar-refractivity contribution is 0.0569. The second-order valence-electron chi connectivity index (χ2n) is 5.29. The molecular formula is C15H20ClNO2. The quantitative estimate of drug-likeness (QED) is 0.905. The highest BCUT2D eigenvalue weighted by Crippen LogP contribution is 2.25. The molecule has 1 aromatic carbocycles. The Morgan fingerprint density at radius 3 is 2.58 bits per heavy atom. The molecule has 19 heavy (non-hydrogen) atoms. The van der Waals surface area contributed by atoms with Gasteiger partial charge in [-0.1, -0.05) is 17.7 Å². The molecule has 0 aliphatic heterocycles. The van der Waals surface area contributed by atoms with E-state index in [9.17, 15) is 9.90 Å². The van der Waals surface area contributed by atoms with Crippen molar-refractivity contribution in [1.82, 2.24) is 4.90 Å². The molecule has 0 bridgehead atoms. The van der Waals surface area contributed by atoms with Crippen LogP contribution in [0.15, 0.2) is 18.2 Å². The van der Waals surface area contributed by atoms with Gasteiger partial charge in [-0.15, -0.1) is 0 Å². The first-order chi connectivity index (χ1) is 9.00. The normalized spacial score (nSPS) is 23.2. The van der Waals surface area contributed by atoms with E-state index in [0.29, 0.717) is 10.6 Å². The molecule has 0 spiro atoms. The van der Waals surface area contributed by atoms with Crippen molar-refractivity contribution in [3.63, 3.8) is 0 Å². The van der Waals surface area contributed by atoms with Gasteiger partial charge in [-0.2, -0.15) is 0 Å². The highest BCUT2D eigenvalue weighted by Gasteiger charge is 2.26. The molecule has 4 heteroatoms. The van der Waals surface area contributed by atoms with Crippen LogP contribution in [-0.4, -0.2) is 35.1 Å². The predicted molar refractivity (Wildman–Crippen MR) is 76.5 cm³/mol. The maximum atomic E-state index is 12.5. The van der Waals surface area contributed by atoms with Crippen LogP contribution in [0.5, 0.6) is 0 Å². The molecule has 0 heterocycles. The molecule has 0 saturated heterocycles. The van der Waals surface area contributed by atoms with E-state index >= 15 is 0 Å². The summed E-state index contributed by atoms with van der Waals surface area (Å²) in [6.45, 7) is 1.87. The fourth-order valence-electron chi connectivity index (χ4n) is 2.64. The van der Waals surface area contributed by atoms with E-state index in [1.807, 2.05) is 20.0 Å². The molecule has 1 aromatic rings. The van der Waals surface area contributed by atoms with Crippen LogP contribution in [0.4, 0.5) is 0 Å². The lowest BCUT2D eigenvalue weighted by Crippen LogP contribution is -2.40. The minimum atomic E-state index is -0.201. The van der Waals surface area contributed by atoms with Crippen LogP contribution in [0, 0.1) is 6.92 Å². The lowest BCUT2D eigenvalue weighted by atomic mass is 9.91. The predicted octanol–water partition coefficient (Wildman–Crippen LogP) is 3.02. The van der Waals surface area contributed by atoms with Crippen LogP contribution in [0.2, 0.25) is 5.02 Å². The van der Waals surface area contributed by atoms with Crippen molar-refractivity contribution in [2.45, 2.75) is 44.8 Å². The fourth-order valence-corrected chi connectivity index (χ4v) is 2.82. The zero-order valence-corrected chi connectivity index (χ0v) is 12.2. The number of benzene rings is 1. The molecule has 104 valence electrons. The van der Waals surface area contributed by atoms with E-state index in [4.69, 9.17) is 11.6 Å². The van der Waals surface area contributed by atoms with Crippen molar-refractivity contribution in [2.75, 3.05) is 7.05 Å². The molecular weight excluding hydrogens is 262 g/mol. The number of hydrogen-bond donors (Lipinski definition) is 1. The maximum absolute atomic E-state index is 12.5. The van der Waals surface area contributed by atoms with Crippen molar-refractivity contribution < 1.29 is 9.90 Å². The van der Waals surface area contributed by atoms with Gasteiger partial charge in [-0.25, -0.2) is 0 Å². The SMILES string of the molecule is Cc1c(Cl)cccc1C(=O)N(C)C1CCC(O)CC1. The van der Waals surface area contributed by atoms with Gasteiger partial charge in [-0.05, 0) is 50.3 Å². The van der Waals surface area contributed by atoms with E-state index in [2.05, 4.69) is 0 Å². The van der Waals surface area contributed by atoms with Crippen LogP contribution in [-0.2, 0) is 0 Å². The number of aliphatic hydroxyl groups excluding tert-OH is 1. The van der Waals surface area contributed by atoms with Crippen LogP contribution < -0.4 is 0 Å². The van der Waals surface area contributed by atoms with Gasteiger partial charge in [-0.3, -0.25) is 4.79 Å². The summed E-state index contributed by atoms with van der Waals surface area (Å²) in [6, 6.07) is 5.64. The Morgan fingerprint density at radius 1 is 1.32 bits per heavy atom. The van der Waals surface area contributed by atoms with Crippen LogP contribution in [0.25, 0.3) is 0 Å². The molecule has 0 unspecified atom stereocenters. The summed E-state index contributed by atoms with van der Waals surface area (Å²) in [4.78, 5) is 14.3. The monoisotopic (exact) mass is 281 g/mol. The van der Waals surface area contributed by atoms with E-state index in [1.165, 1.54) is 0 Å². The van der Waals surface area contributed by atoms with E-state index < -0.39 is 0 Å². The van der Waals surface area contributed by atoms with Gasteiger partial charge in [0, 0.05) is 23.7 Å². The van der Waals surface area contributed by atoms with Gasteiger partial charge < -0.3 is 10.0 Å². The highest BCUT2D eigenvalue weighted by molar-refractivity contribution is 6.31. The Bertz CT molecular complexity index is 467. The van der Waals surface area contributed by atoms with Gasteiger partial charge in [0.2, 0.25) is 0 Å². The standard InChI is InChI=1S/C15H20ClNO2/c1-10-13(4-3-5-14(10)16)15(19)17(2)11-6-8-12(18)9-7-11/h3-5,11-12,18H,6-9H2,1-2H3. The third-order valence-corrected chi connectivity index (χ3v) is 4.44. The molecule has 1 aliphatic rings. The Balaban J connectivity index is 2.13. The molecule has 1 amide bonds. The maximum Gasteiger partial charge on any atom is 0.254 e. The number of aliphatic hydroxyl groups is 1. The Labute approximate surface area is 119 Å². The molecule has 0 atom stereocenters. The second kappa shape index (κ2) is 5.93. The number of carbonyl (C=O) groups excluding carboxylic acids is 1. The van der Waals surface area contributed by atoms with Crippen molar-refractivity contribution in [2.24, 2.45) is 0 Å². The second-order valence-corrected chi connectivity index (χ2v) is 5.70. The van der Waals surface area contributed by atoms with E-state index in [-0.39, 0.29) is 18.1 Å². The number of hydrogen-bond acceptors (Lipinski definition) is 2. The van der Waals surface area contributed by atoms with Gasteiger partial charge in [0.25, 0.3) is 5.91 Å². The van der Waals surface area contributed by atoms with Crippen LogP contribution >= 0.6 is 11.6 Å². The topological polar surface area (TPSA) is 40.5 Å². The molecule has 1 N–H and O–H groups in total. The summed E-state index contributed by atoms with van der Waals surface area (Å²) in [5.41, 5.74) is 1.50. The van der Waals surface area contributed by atoms with Gasteiger partial charge >= 0.3 is 0 Å². The molecule has 1 fully saturated rings. The first-order valence-corrected chi connectivity index (χ1v) is 7.09. The largest absolute Gasteiger partial charge is 0.393 e. The summed E-state index contributed by atoms with van der Waals surface area (Å²) in [5, 5.41) is 10.1. The minimum Gasteiger partial charge on any atom is -0.393 e. The molecule has 3 nitrogen and oxygen atoms in total. The Hall–Kier alpha value is -1.06.